The molecule has 0 unspecified atom stereocenters. The van der Waals surface area contributed by atoms with Gasteiger partial charge in [0.15, 0.2) is 0 Å². The third-order valence-corrected chi connectivity index (χ3v) is 3.04. The zero-order chi connectivity index (χ0) is 11.3. The van der Waals surface area contributed by atoms with Gasteiger partial charge >= 0.3 is 0 Å². The van der Waals surface area contributed by atoms with Crippen LogP contribution in [0.5, 0.6) is 0 Å². The van der Waals surface area contributed by atoms with Crippen LogP contribution in [-0.4, -0.2) is 35.1 Å². The Morgan fingerprint density at radius 3 is 2.60 bits per heavy atom. The van der Waals surface area contributed by atoms with Crippen molar-refractivity contribution >= 4 is 5.84 Å². The van der Waals surface area contributed by atoms with Crippen molar-refractivity contribution in [2.45, 2.75) is 45.6 Å². The molecule has 1 saturated carbocycles. The van der Waals surface area contributed by atoms with Gasteiger partial charge in [-0.1, -0.05) is 18.0 Å². The fourth-order valence-electron chi connectivity index (χ4n) is 1.69. The lowest BCUT2D eigenvalue weighted by molar-refractivity contribution is 0.220. The zero-order valence-electron chi connectivity index (χ0n) is 9.82. The predicted octanol–water partition coefficient (Wildman–Crippen LogP) is 1.63. The largest absolute Gasteiger partial charge is 0.409 e. The minimum Gasteiger partial charge on any atom is -0.409 e. The molecule has 0 heterocycles. The van der Waals surface area contributed by atoms with E-state index >= 15 is 0 Å². The Hall–Kier alpha value is -0.770. The van der Waals surface area contributed by atoms with Gasteiger partial charge in [0.1, 0.15) is 5.84 Å². The van der Waals surface area contributed by atoms with Crippen LogP contribution >= 0.6 is 0 Å². The molecular formula is C11H23N3O. The number of nitrogens with zero attached hydrogens (tertiary/aromatic N) is 2. The van der Waals surface area contributed by atoms with Crippen LogP contribution in [0.15, 0.2) is 5.16 Å². The van der Waals surface area contributed by atoms with Crippen molar-refractivity contribution in [3.63, 3.8) is 0 Å². The Labute approximate surface area is 92.1 Å². The summed E-state index contributed by atoms with van der Waals surface area (Å²) in [5.41, 5.74) is 5.46. The molecule has 0 amide bonds. The Morgan fingerprint density at radius 2 is 2.13 bits per heavy atom. The van der Waals surface area contributed by atoms with Crippen molar-refractivity contribution in [2.24, 2.45) is 16.8 Å². The summed E-state index contributed by atoms with van der Waals surface area (Å²) in [6.45, 7) is 6.42. The SMILES string of the molecule is CC(C)N(CCC(N)=NO)CCC1CC1. The van der Waals surface area contributed by atoms with Crippen LogP contribution in [0.25, 0.3) is 0 Å². The molecule has 0 aliphatic heterocycles. The number of hydrogen-bond donors (Lipinski definition) is 2. The van der Waals surface area contributed by atoms with Crippen LogP contribution in [0.1, 0.15) is 39.5 Å². The summed E-state index contributed by atoms with van der Waals surface area (Å²) in [4.78, 5) is 2.40. The average Bonchev–Trinajstić information content (AvgIpc) is 3.00. The number of hydrogen-bond acceptors (Lipinski definition) is 3. The van der Waals surface area contributed by atoms with Crippen LogP contribution in [0.3, 0.4) is 0 Å². The molecule has 0 aromatic carbocycles. The number of oxime groups is 1. The van der Waals surface area contributed by atoms with Crippen LogP contribution in [0.2, 0.25) is 0 Å². The molecule has 0 bridgehead atoms. The quantitative estimate of drug-likeness (QED) is 0.292. The van der Waals surface area contributed by atoms with Crippen molar-refractivity contribution in [1.82, 2.24) is 4.90 Å². The second-order valence-electron chi connectivity index (χ2n) is 4.70. The molecule has 1 aliphatic rings. The Balaban J connectivity index is 2.22. The van der Waals surface area contributed by atoms with Crippen molar-refractivity contribution in [3.8, 4) is 0 Å². The van der Waals surface area contributed by atoms with E-state index in [2.05, 4.69) is 23.9 Å². The van der Waals surface area contributed by atoms with Crippen LogP contribution in [0, 0.1) is 5.92 Å². The van der Waals surface area contributed by atoms with Crippen LogP contribution < -0.4 is 5.73 Å². The van der Waals surface area contributed by atoms with Gasteiger partial charge in [0, 0.05) is 19.0 Å². The number of rotatable bonds is 7. The molecule has 0 aromatic rings. The molecule has 88 valence electrons. The first-order valence-corrected chi connectivity index (χ1v) is 5.84. The van der Waals surface area contributed by atoms with Gasteiger partial charge < -0.3 is 15.8 Å². The van der Waals surface area contributed by atoms with Gasteiger partial charge in [0.25, 0.3) is 0 Å². The van der Waals surface area contributed by atoms with Crippen molar-refractivity contribution in [2.75, 3.05) is 13.1 Å². The first-order chi connectivity index (χ1) is 7.13. The molecule has 0 spiro atoms. The van der Waals surface area contributed by atoms with Crippen LogP contribution in [0.4, 0.5) is 0 Å². The molecule has 4 heteroatoms. The first-order valence-electron chi connectivity index (χ1n) is 5.84. The van der Waals surface area contributed by atoms with Crippen molar-refractivity contribution in [3.05, 3.63) is 0 Å². The normalized spacial score (nSPS) is 17.7. The zero-order valence-corrected chi connectivity index (χ0v) is 9.82. The molecule has 4 nitrogen and oxygen atoms in total. The summed E-state index contributed by atoms with van der Waals surface area (Å²) in [6.07, 6.45) is 4.77. The fourth-order valence-corrected chi connectivity index (χ4v) is 1.69. The molecule has 0 atom stereocenters. The Morgan fingerprint density at radius 1 is 1.47 bits per heavy atom. The van der Waals surface area contributed by atoms with Gasteiger partial charge in [-0.25, -0.2) is 0 Å². The lowest BCUT2D eigenvalue weighted by atomic mass is 10.2. The summed E-state index contributed by atoms with van der Waals surface area (Å²) < 4.78 is 0. The highest BCUT2D eigenvalue weighted by molar-refractivity contribution is 5.79. The van der Waals surface area contributed by atoms with Gasteiger partial charge in [0.2, 0.25) is 0 Å². The summed E-state index contributed by atoms with van der Waals surface area (Å²) in [5, 5.41) is 11.5. The van der Waals surface area contributed by atoms with Gasteiger partial charge in [-0.05, 0) is 32.7 Å². The highest BCUT2D eigenvalue weighted by Gasteiger charge is 2.22. The van der Waals surface area contributed by atoms with E-state index in [1.165, 1.54) is 19.3 Å². The van der Waals surface area contributed by atoms with E-state index in [1.807, 2.05) is 0 Å². The molecule has 3 N–H and O–H groups in total. The van der Waals surface area contributed by atoms with Crippen molar-refractivity contribution in [1.29, 1.82) is 0 Å². The maximum Gasteiger partial charge on any atom is 0.140 e. The predicted molar refractivity (Wildman–Crippen MR) is 62.1 cm³/mol. The average molecular weight is 213 g/mol. The smallest absolute Gasteiger partial charge is 0.140 e. The number of nitrogens with two attached hydrogens (primary N) is 1. The third kappa shape index (κ3) is 5.02. The van der Waals surface area contributed by atoms with E-state index in [0.717, 1.165) is 19.0 Å². The molecular weight excluding hydrogens is 190 g/mol. The minimum absolute atomic E-state index is 0.326. The van der Waals surface area contributed by atoms with Gasteiger partial charge in [0.05, 0.1) is 0 Å². The van der Waals surface area contributed by atoms with E-state index in [4.69, 9.17) is 10.9 Å². The fraction of sp³-hybridized carbons (Fsp3) is 0.909. The summed E-state index contributed by atoms with van der Waals surface area (Å²) in [5.74, 6) is 1.29. The van der Waals surface area contributed by atoms with E-state index < -0.39 is 0 Å². The van der Waals surface area contributed by atoms with Gasteiger partial charge in [-0.2, -0.15) is 0 Å². The highest BCUT2D eigenvalue weighted by atomic mass is 16.4. The third-order valence-electron chi connectivity index (χ3n) is 3.04. The molecule has 15 heavy (non-hydrogen) atoms. The molecule has 1 fully saturated rings. The summed E-state index contributed by atoms with van der Waals surface area (Å²) >= 11 is 0. The topological polar surface area (TPSA) is 61.8 Å². The maximum atomic E-state index is 8.46. The van der Waals surface area contributed by atoms with E-state index in [9.17, 15) is 0 Å². The van der Waals surface area contributed by atoms with E-state index in [0.29, 0.717) is 18.3 Å². The lowest BCUT2D eigenvalue weighted by Gasteiger charge is -2.26. The minimum atomic E-state index is 0.326. The second-order valence-corrected chi connectivity index (χ2v) is 4.70. The first kappa shape index (κ1) is 12.3. The van der Waals surface area contributed by atoms with E-state index in [-0.39, 0.29) is 0 Å². The Kier molecular flexibility index (Phi) is 4.88. The maximum absolute atomic E-state index is 8.46. The molecule has 0 radical (unpaired) electrons. The van der Waals surface area contributed by atoms with Crippen LogP contribution in [-0.2, 0) is 0 Å². The number of amidine groups is 1. The van der Waals surface area contributed by atoms with E-state index in [1.54, 1.807) is 0 Å². The highest BCUT2D eigenvalue weighted by Crippen LogP contribution is 2.32. The van der Waals surface area contributed by atoms with Crippen molar-refractivity contribution < 1.29 is 5.21 Å². The monoisotopic (exact) mass is 213 g/mol. The molecule has 0 aromatic heterocycles. The van der Waals surface area contributed by atoms with Gasteiger partial charge in [-0.3, -0.25) is 0 Å². The second kappa shape index (κ2) is 5.95. The Bertz CT molecular complexity index is 212. The lowest BCUT2D eigenvalue weighted by Crippen LogP contribution is -2.35. The molecule has 1 rings (SSSR count). The molecule has 1 aliphatic carbocycles. The summed E-state index contributed by atoms with van der Waals surface area (Å²) in [6, 6.07) is 0.537. The summed E-state index contributed by atoms with van der Waals surface area (Å²) in [7, 11) is 0. The van der Waals surface area contributed by atoms with Gasteiger partial charge in [-0.15, -0.1) is 0 Å². The molecule has 0 saturated heterocycles. The standard InChI is InChI=1S/C11H23N3O/c1-9(2)14(7-5-10-3-4-10)8-6-11(12)13-15/h9-10,15H,3-8H2,1-2H3,(H2,12,13).